The number of benzene rings is 2. The van der Waals surface area contributed by atoms with Crippen molar-refractivity contribution in [2.45, 2.75) is 31.1 Å². The van der Waals surface area contributed by atoms with Crippen LogP contribution in [0.4, 0.5) is 5.13 Å². The zero-order valence-electron chi connectivity index (χ0n) is 17.8. The minimum atomic E-state index is -0.0844. The molecule has 1 amide bonds. The first-order valence-electron chi connectivity index (χ1n) is 10.7. The van der Waals surface area contributed by atoms with Crippen LogP contribution in [0.2, 0.25) is 5.02 Å². The Morgan fingerprint density at radius 2 is 1.84 bits per heavy atom. The summed E-state index contributed by atoms with van der Waals surface area (Å²) in [6, 6.07) is 15.7. The number of anilines is 1. The maximum Gasteiger partial charge on any atom is 0.284 e. The first-order chi connectivity index (χ1) is 15.6. The number of amides is 1. The van der Waals surface area contributed by atoms with Crippen molar-refractivity contribution in [3.8, 4) is 0 Å². The zero-order valence-corrected chi connectivity index (χ0v) is 20.1. The van der Waals surface area contributed by atoms with Gasteiger partial charge in [0.25, 0.3) is 5.91 Å². The number of carbonyl (C=O) groups is 1. The predicted octanol–water partition coefficient (Wildman–Crippen LogP) is 6.20. The number of para-hydroxylation sites is 1. The van der Waals surface area contributed by atoms with E-state index >= 15 is 0 Å². The van der Waals surface area contributed by atoms with Gasteiger partial charge >= 0.3 is 0 Å². The Hall–Kier alpha value is -2.35. The van der Waals surface area contributed by atoms with Gasteiger partial charge in [0.15, 0.2) is 0 Å². The van der Waals surface area contributed by atoms with E-state index in [0.717, 1.165) is 52.5 Å². The highest BCUT2D eigenvalue weighted by atomic mass is 35.5. The van der Waals surface area contributed by atoms with Gasteiger partial charge in [-0.2, -0.15) is 10.1 Å². The summed E-state index contributed by atoms with van der Waals surface area (Å²) in [5.74, 6) is 0.522. The largest absolute Gasteiger partial charge is 0.374 e. The number of carbonyl (C=O) groups excluding carboxylic acids is 1. The fourth-order valence-corrected chi connectivity index (χ4v) is 5.94. The lowest BCUT2D eigenvalue weighted by Crippen LogP contribution is -2.32. The fraction of sp³-hybridized carbons (Fsp3) is 0.292. The lowest BCUT2D eigenvalue weighted by atomic mass is 10.1. The second kappa shape index (κ2) is 9.25. The predicted molar refractivity (Wildman–Crippen MR) is 135 cm³/mol. The Bertz CT molecular complexity index is 1180. The molecule has 32 heavy (non-hydrogen) atoms. The van der Waals surface area contributed by atoms with E-state index in [1.807, 2.05) is 48.5 Å². The molecule has 2 aliphatic rings. The van der Waals surface area contributed by atoms with Gasteiger partial charge in [-0.1, -0.05) is 35.1 Å². The molecule has 0 bridgehead atoms. The monoisotopic (exact) mass is 482 g/mol. The third-order valence-electron chi connectivity index (χ3n) is 5.76. The van der Waals surface area contributed by atoms with Crippen LogP contribution in [0.5, 0.6) is 0 Å². The Kier molecular flexibility index (Phi) is 6.22. The third-order valence-corrected chi connectivity index (χ3v) is 8.05. The van der Waals surface area contributed by atoms with Crippen LogP contribution in [0.15, 0.2) is 69.8 Å². The Balaban J connectivity index is 1.49. The summed E-state index contributed by atoms with van der Waals surface area (Å²) in [7, 11) is 0. The van der Waals surface area contributed by atoms with Crippen LogP contribution in [0.25, 0.3) is 10.2 Å². The number of rotatable bonds is 5. The van der Waals surface area contributed by atoms with Gasteiger partial charge in [-0.15, -0.1) is 11.8 Å². The standard InChI is InChI=1S/C24H23ClN4OS2/c1-16(28-13-5-2-6-14-28)22-20(15-31-18-11-9-17(25)10-12-18)27-29(23(22)30)24-26-19-7-3-4-8-21(19)32-24/h3-4,7-12H,2,5-6,13-15H2,1H3/b22-16+. The summed E-state index contributed by atoms with van der Waals surface area (Å²) in [5, 5.41) is 7.60. The van der Waals surface area contributed by atoms with E-state index in [0.29, 0.717) is 21.5 Å². The number of fused-ring (bicyclic) bond motifs is 1. The Labute approximate surface area is 200 Å². The van der Waals surface area contributed by atoms with Crippen molar-refractivity contribution in [3.05, 3.63) is 64.8 Å². The number of hydrogen-bond donors (Lipinski definition) is 0. The molecule has 164 valence electrons. The van der Waals surface area contributed by atoms with Crippen LogP contribution < -0.4 is 5.01 Å². The number of aromatic nitrogens is 1. The van der Waals surface area contributed by atoms with Crippen LogP contribution >= 0.6 is 34.7 Å². The van der Waals surface area contributed by atoms with E-state index in [9.17, 15) is 4.79 Å². The average Bonchev–Trinajstić information content (AvgIpc) is 3.39. The lowest BCUT2D eigenvalue weighted by molar-refractivity contribution is -0.114. The summed E-state index contributed by atoms with van der Waals surface area (Å²) in [6.07, 6.45) is 3.57. The van der Waals surface area contributed by atoms with Crippen molar-refractivity contribution in [3.63, 3.8) is 0 Å². The van der Waals surface area contributed by atoms with Crippen LogP contribution in [0.3, 0.4) is 0 Å². The van der Waals surface area contributed by atoms with E-state index in [4.69, 9.17) is 16.7 Å². The number of nitrogens with zero attached hydrogens (tertiary/aromatic N) is 4. The number of hydrazone groups is 1. The first-order valence-corrected chi connectivity index (χ1v) is 12.9. The van der Waals surface area contributed by atoms with Crippen molar-refractivity contribution in [2.75, 3.05) is 23.9 Å². The molecule has 0 radical (unpaired) electrons. The van der Waals surface area contributed by atoms with Crippen molar-refractivity contribution in [1.82, 2.24) is 9.88 Å². The molecule has 0 aliphatic carbocycles. The second-order valence-corrected chi connectivity index (χ2v) is 10.4. The maximum atomic E-state index is 13.6. The van der Waals surface area contributed by atoms with Crippen LogP contribution in [0, 0.1) is 0 Å². The SMILES string of the molecule is C/C(=C1\C(=O)N(c2nc3ccccc3s2)N=C1CSc1ccc(Cl)cc1)N1CCCCC1. The van der Waals surface area contributed by atoms with E-state index in [1.54, 1.807) is 11.8 Å². The zero-order chi connectivity index (χ0) is 22.1. The molecule has 0 spiro atoms. The molecule has 2 aliphatic heterocycles. The Morgan fingerprint density at radius 1 is 1.09 bits per heavy atom. The quantitative estimate of drug-likeness (QED) is 0.320. The van der Waals surface area contributed by atoms with E-state index < -0.39 is 0 Å². The van der Waals surface area contributed by atoms with Gasteiger partial charge in [-0.05, 0) is 62.6 Å². The van der Waals surface area contributed by atoms with Gasteiger partial charge in [0.05, 0.1) is 21.5 Å². The number of hydrogen-bond acceptors (Lipinski definition) is 6. The molecule has 3 heterocycles. The highest BCUT2D eigenvalue weighted by Gasteiger charge is 2.35. The minimum Gasteiger partial charge on any atom is -0.374 e. The molecule has 8 heteroatoms. The molecule has 2 aromatic carbocycles. The molecule has 3 aromatic rings. The van der Waals surface area contributed by atoms with Gasteiger partial charge < -0.3 is 4.90 Å². The summed E-state index contributed by atoms with van der Waals surface area (Å²) in [4.78, 5) is 21.7. The molecule has 5 rings (SSSR count). The molecular formula is C24H23ClN4OS2. The minimum absolute atomic E-state index is 0.0844. The number of thioether (sulfide) groups is 1. The van der Waals surface area contributed by atoms with Gasteiger partial charge in [-0.3, -0.25) is 4.79 Å². The summed E-state index contributed by atoms with van der Waals surface area (Å²) in [5.41, 5.74) is 3.43. The molecule has 0 saturated carbocycles. The van der Waals surface area contributed by atoms with Gasteiger partial charge in [-0.25, -0.2) is 4.98 Å². The highest BCUT2D eigenvalue weighted by molar-refractivity contribution is 8.00. The van der Waals surface area contributed by atoms with Gasteiger partial charge in [0.2, 0.25) is 5.13 Å². The number of thiazole rings is 1. The topological polar surface area (TPSA) is 48.8 Å². The summed E-state index contributed by atoms with van der Waals surface area (Å²) in [6.45, 7) is 4.03. The van der Waals surface area contributed by atoms with Crippen LogP contribution in [0.1, 0.15) is 26.2 Å². The first kappa shape index (κ1) is 21.5. The van der Waals surface area contributed by atoms with E-state index in [2.05, 4.69) is 16.8 Å². The summed E-state index contributed by atoms with van der Waals surface area (Å²) >= 11 is 9.18. The molecule has 1 fully saturated rings. The van der Waals surface area contributed by atoms with Crippen molar-refractivity contribution in [1.29, 1.82) is 0 Å². The van der Waals surface area contributed by atoms with Gasteiger partial charge in [0, 0.05) is 34.5 Å². The van der Waals surface area contributed by atoms with Gasteiger partial charge in [0.1, 0.15) is 0 Å². The highest BCUT2D eigenvalue weighted by Crippen LogP contribution is 2.34. The van der Waals surface area contributed by atoms with Crippen molar-refractivity contribution >= 4 is 61.7 Å². The smallest absolute Gasteiger partial charge is 0.284 e. The molecule has 0 N–H and O–H groups in total. The second-order valence-electron chi connectivity index (χ2n) is 7.88. The maximum absolute atomic E-state index is 13.6. The van der Waals surface area contributed by atoms with E-state index in [1.165, 1.54) is 22.8 Å². The Morgan fingerprint density at radius 3 is 2.59 bits per heavy atom. The molecule has 1 aromatic heterocycles. The van der Waals surface area contributed by atoms with Crippen molar-refractivity contribution < 1.29 is 4.79 Å². The molecule has 0 atom stereocenters. The number of halogens is 1. The number of piperidine rings is 1. The molecule has 5 nitrogen and oxygen atoms in total. The van der Waals surface area contributed by atoms with Crippen molar-refractivity contribution in [2.24, 2.45) is 5.10 Å². The molecule has 1 saturated heterocycles. The average molecular weight is 483 g/mol. The van der Waals surface area contributed by atoms with E-state index in [-0.39, 0.29) is 5.91 Å². The third kappa shape index (κ3) is 4.29. The number of likely N-dealkylation sites (tertiary alicyclic amines) is 1. The normalized spacial score (nSPS) is 18.4. The number of allylic oxidation sites excluding steroid dienone is 1. The fourth-order valence-electron chi connectivity index (χ4n) is 4.06. The van der Waals surface area contributed by atoms with Crippen LogP contribution in [-0.2, 0) is 4.79 Å². The lowest BCUT2D eigenvalue weighted by Gasteiger charge is -2.30. The molecule has 0 unspecified atom stereocenters. The van der Waals surface area contributed by atoms with Crippen LogP contribution in [-0.4, -0.2) is 40.3 Å². The summed E-state index contributed by atoms with van der Waals surface area (Å²) < 4.78 is 1.05. The molecular weight excluding hydrogens is 460 g/mol.